The molecule has 1 aliphatic rings. The zero-order chi connectivity index (χ0) is 17.8. The van der Waals surface area contributed by atoms with Gasteiger partial charge in [-0.1, -0.05) is 30.7 Å². The molecule has 2 aromatic rings. The molecule has 0 spiro atoms. The highest BCUT2D eigenvalue weighted by molar-refractivity contribution is 6.32. The van der Waals surface area contributed by atoms with Crippen LogP contribution in [0.4, 0.5) is 0 Å². The molecule has 1 heterocycles. The van der Waals surface area contributed by atoms with Gasteiger partial charge in [0.1, 0.15) is 11.5 Å². The van der Waals surface area contributed by atoms with Crippen molar-refractivity contribution in [1.82, 2.24) is 4.98 Å². The molecule has 3 nitrogen and oxygen atoms in total. The lowest BCUT2D eigenvalue weighted by molar-refractivity contribution is -0.117. The van der Waals surface area contributed by atoms with E-state index in [4.69, 9.17) is 16.3 Å². The summed E-state index contributed by atoms with van der Waals surface area (Å²) in [6, 6.07) is 7.82. The number of Topliss-reactive ketones (excluding diaryl/α,β-unsaturated/α-hetero) is 1. The topological polar surface area (TPSA) is 39.2 Å². The van der Waals surface area contributed by atoms with Crippen LogP contribution in [0.5, 0.6) is 11.6 Å². The second-order valence-corrected chi connectivity index (χ2v) is 7.09. The van der Waals surface area contributed by atoms with Gasteiger partial charge in [-0.15, -0.1) is 0 Å². The zero-order valence-electron chi connectivity index (χ0n) is 14.6. The molecular formula is C21H22ClNO2. The first-order chi connectivity index (χ1) is 12.0. The number of carbonyl (C=O) groups excluding carboxylic acids is 1. The van der Waals surface area contributed by atoms with E-state index in [1.54, 1.807) is 13.1 Å². The zero-order valence-corrected chi connectivity index (χ0v) is 15.3. The normalized spacial score (nSPS) is 14.5. The van der Waals surface area contributed by atoms with E-state index in [0.717, 1.165) is 18.4 Å². The molecule has 1 aliphatic carbocycles. The molecule has 25 heavy (non-hydrogen) atoms. The van der Waals surface area contributed by atoms with Crippen molar-refractivity contribution in [2.45, 2.75) is 39.5 Å². The number of aryl methyl sites for hydroxylation is 2. The van der Waals surface area contributed by atoms with Crippen LogP contribution in [0.1, 0.15) is 43.4 Å². The molecule has 1 aromatic carbocycles. The summed E-state index contributed by atoms with van der Waals surface area (Å²) in [4.78, 5) is 15.5. The number of halogens is 1. The Kier molecular flexibility index (Phi) is 5.54. The van der Waals surface area contributed by atoms with Gasteiger partial charge in [0.25, 0.3) is 0 Å². The lowest BCUT2D eigenvalue weighted by atomic mass is 10.0. The largest absolute Gasteiger partial charge is 0.437 e. The van der Waals surface area contributed by atoms with Gasteiger partial charge in [0.2, 0.25) is 5.88 Å². The van der Waals surface area contributed by atoms with Crippen LogP contribution in [0.3, 0.4) is 0 Å². The highest BCUT2D eigenvalue weighted by Gasteiger charge is 2.15. The molecule has 0 saturated heterocycles. The average molecular weight is 356 g/mol. The Labute approximate surface area is 153 Å². The summed E-state index contributed by atoms with van der Waals surface area (Å²) >= 11 is 6.32. The molecule has 0 amide bonds. The van der Waals surface area contributed by atoms with Gasteiger partial charge >= 0.3 is 0 Å². The maximum atomic E-state index is 11.1. The van der Waals surface area contributed by atoms with Crippen LogP contribution in [0.2, 0.25) is 5.02 Å². The first kappa shape index (κ1) is 17.7. The fraction of sp³-hybridized carbons (Fsp3) is 0.333. The molecule has 0 saturated carbocycles. The molecular weight excluding hydrogens is 334 g/mol. The number of hydrogen-bond donors (Lipinski definition) is 0. The molecule has 0 unspecified atom stereocenters. The van der Waals surface area contributed by atoms with Gasteiger partial charge in [0, 0.05) is 18.7 Å². The summed E-state index contributed by atoms with van der Waals surface area (Å²) in [6.07, 6.45) is 9.67. The predicted molar refractivity (Wildman–Crippen MR) is 101 cm³/mol. The number of hydrogen-bond acceptors (Lipinski definition) is 3. The van der Waals surface area contributed by atoms with Gasteiger partial charge in [-0.2, -0.15) is 0 Å². The van der Waals surface area contributed by atoms with Crippen LogP contribution < -0.4 is 4.74 Å². The molecule has 0 N–H and O–H groups in total. The summed E-state index contributed by atoms with van der Waals surface area (Å²) < 4.78 is 5.86. The van der Waals surface area contributed by atoms with Gasteiger partial charge in [-0.25, -0.2) is 4.98 Å². The van der Waals surface area contributed by atoms with Crippen molar-refractivity contribution in [2.75, 3.05) is 0 Å². The van der Waals surface area contributed by atoms with E-state index in [9.17, 15) is 4.79 Å². The minimum Gasteiger partial charge on any atom is -0.437 e. The van der Waals surface area contributed by atoms with Crippen LogP contribution in [-0.4, -0.2) is 10.8 Å². The van der Waals surface area contributed by atoms with E-state index in [0.29, 0.717) is 23.1 Å². The predicted octanol–water partition coefficient (Wildman–Crippen LogP) is 5.64. The Hall–Kier alpha value is -2.13. The molecule has 1 aromatic heterocycles. The minimum atomic E-state index is 0.199. The standard InChI is InChI=1S/C21H22ClNO2/c1-14(10-15(2)24)6-7-16-8-9-21(23-13-16)25-20-12-18-5-3-4-17(18)11-19(20)22/h6-9,11-14H,3-5,10H2,1-2H3/b7-6+/t14-/m0/s1. The first-order valence-corrected chi connectivity index (χ1v) is 9.02. The molecule has 130 valence electrons. The van der Waals surface area contributed by atoms with E-state index < -0.39 is 0 Å². The fourth-order valence-corrected chi connectivity index (χ4v) is 3.33. The third-order valence-corrected chi connectivity index (χ3v) is 4.64. The number of nitrogens with zero attached hydrogens (tertiary/aromatic N) is 1. The van der Waals surface area contributed by atoms with Crippen molar-refractivity contribution in [3.05, 3.63) is 58.3 Å². The van der Waals surface area contributed by atoms with Crippen molar-refractivity contribution >= 4 is 23.5 Å². The number of fused-ring (bicyclic) bond motifs is 1. The van der Waals surface area contributed by atoms with Crippen molar-refractivity contribution in [3.8, 4) is 11.6 Å². The first-order valence-electron chi connectivity index (χ1n) is 8.64. The maximum absolute atomic E-state index is 11.1. The number of allylic oxidation sites excluding steroid dienone is 1. The Bertz CT molecular complexity index is 796. The van der Waals surface area contributed by atoms with Crippen LogP contribution in [0.15, 0.2) is 36.5 Å². The van der Waals surface area contributed by atoms with E-state index in [-0.39, 0.29) is 11.7 Å². The van der Waals surface area contributed by atoms with Gasteiger partial charge in [0.05, 0.1) is 5.02 Å². The molecule has 0 bridgehead atoms. The van der Waals surface area contributed by atoms with Gasteiger partial charge in [-0.05, 0) is 67.0 Å². The molecule has 1 atom stereocenters. The Morgan fingerprint density at radius 1 is 1.32 bits per heavy atom. The van der Waals surface area contributed by atoms with Gasteiger partial charge < -0.3 is 9.53 Å². The molecule has 0 radical (unpaired) electrons. The average Bonchev–Trinajstić information content (AvgIpc) is 3.01. The lowest BCUT2D eigenvalue weighted by Gasteiger charge is -2.09. The fourth-order valence-electron chi connectivity index (χ4n) is 3.11. The number of rotatable bonds is 6. The van der Waals surface area contributed by atoms with E-state index in [1.165, 1.54) is 17.5 Å². The number of benzene rings is 1. The summed E-state index contributed by atoms with van der Waals surface area (Å²) in [6.45, 7) is 3.64. The van der Waals surface area contributed by atoms with Crippen LogP contribution in [0, 0.1) is 5.92 Å². The highest BCUT2D eigenvalue weighted by Crippen LogP contribution is 2.35. The quantitative estimate of drug-likeness (QED) is 0.672. The number of ether oxygens (including phenoxy) is 1. The summed E-state index contributed by atoms with van der Waals surface area (Å²) in [5, 5.41) is 0.629. The van der Waals surface area contributed by atoms with E-state index in [2.05, 4.69) is 4.98 Å². The summed E-state index contributed by atoms with van der Waals surface area (Å²) in [7, 11) is 0. The Morgan fingerprint density at radius 2 is 2.08 bits per heavy atom. The number of carbonyl (C=O) groups is 1. The Morgan fingerprint density at radius 3 is 2.76 bits per heavy atom. The smallest absolute Gasteiger partial charge is 0.219 e. The highest BCUT2D eigenvalue weighted by atomic mass is 35.5. The van der Waals surface area contributed by atoms with Gasteiger partial charge in [-0.3, -0.25) is 0 Å². The third kappa shape index (κ3) is 4.70. The molecule has 3 rings (SSSR count). The van der Waals surface area contributed by atoms with Crippen molar-refractivity contribution < 1.29 is 9.53 Å². The van der Waals surface area contributed by atoms with Crippen LogP contribution in [0.25, 0.3) is 6.08 Å². The van der Waals surface area contributed by atoms with Crippen molar-refractivity contribution in [1.29, 1.82) is 0 Å². The van der Waals surface area contributed by atoms with Gasteiger partial charge in [0.15, 0.2) is 0 Å². The SMILES string of the molecule is CC(=O)C[C@@H](C)/C=C/c1ccc(Oc2cc3c(cc2Cl)CCC3)nc1. The number of pyridine rings is 1. The lowest BCUT2D eigenvalue weighted by Crippen LogP contribution is -1.97. The minimum absolute atomic E-state index is 0.199. The second-order valence-electron chi connectivity index (χ2n) is 6.68. The van der Waals surface area contributed by atoms with E-state index in [1.807, 2.05) is 43.3 Å². The van der Waals surface area contributed by atoms with Crippen LogP contribution >= 0.6 is 11.6 Å². The van der Waals surface area contributed by atoms with Crippen molar-refractivity contribution in [3.63, 3.8) is 0 Å². The second kappa shape index (κ2) is 7.83. The van der Waals surface area contributed by atoms with Crippen molar-refractivity contribution in [2.24, 2.45) is 5.92 Å². The maximum Gasteiger partial charge on any atom is 0.219 e. The molecule has 4 heteroatoms. The molecule has 0 fully saturated rings. The number of aromatic nitrogens is 1. The van der Waals surface area contributed by atoms with E-state index >= 15 is 0 Å². The summed E-state index contributed by atoms with van der Waals surface area (Å²) in [5.74, 6) is 1.60. The summed E-state index contributed by atoms with van der Waals surface area (Å²) in [5.41, 5.74) is 3.62. The monoisotopic (exact) mass is 355 g/mol. The van der Waals surface area contributed by atoms with Crippen LogP contribution in [-0.2, 0) is 17.6 Å². The Balaban J connectivity index is 1.67. The third-order valence-electron chi connectivity index (χ3n) is 4.35. The molecule has 0 aliphatic heterocycles. The number of ketones is 1.